The standard InChI is InChI=1S/CH3Cl2Si/c2-1(3)4/h1H,4H2. The molecule has 0 aromatic carbocycles. The minimum atomic E-state index is -0.194. The maximum Gasteiger partial charge on any atom is 0.0881 e. The van der Waals surface area contributed by atoms with Gasteiger partial charge in [-0.25, -0.2) is 0 Å². The molecule has 1 radical (unpaired) electrons. The lowest BCUT2D eigenvalue weighted by Gasteiger charge is -1.72. The molecule has 0 rings (SSSR count). The molecule has 0 bridgehead atoms. The van der Waals surface area contributed by atoms with Gasteiger partial charge in [-0.3, -0.25) is 0 Å². The fourth-order valence-corrected chi connectivity index (χ4v) is 0. The highest BCUT2D eigenvalue weighted by Crippen LogP contribution is 1.90. The van der Waals surface area contributed by atoms with Gasteiger partial charge in [-0.1, -0.05) is 0 Å². The normalized spacial score (nSPS) is 9.00. The molecule has 0 nitrogen and oxygen atoms in total. The minimum absolute atomic E-state index is 0.194. The molecule has 0 aliphatic carbocycles. The molecular formula is CH3Cl2Si. The Balaban J connectivity index is 2.32. The average Bonchev–Trinajstić information content (AvgIpc) is 0.811. The third kappa shape index (κ3) is 14.2. The van der Waals surface area contributed by atoms with Crippen LogP contribution >= 0.6 is 23.2 Å². The summed E-state index contributed by atoms with van der Waals surface area (Å²) in [6, 6.07) is 0. The summed E-state index contributed by atoms with van der Waals surface area (Å²) in [7, 11) is 1.53. The Hall–Kier alpha value is 0.797. The van der Waals surface area contributed by atoms with Crippen LogP contribution in [0.1, 0.15) is 0 Å². The molecule has 0 saturated heterocycles. The second-order valence-electron chi connectivity index (χ2n) is 0.391. The first-order chi connectivity index (χ1) is 1.73. The molecule has 4 heavy (non-hydrogen) atoms. The second-order valence-corrected chi connectivity index (χ2v) is 3.52. The summed E-state index contributed by atoms with van der Waals surface area (Å²) in [4.78, 5) is 0. The van der Waals surface area contributed by atoms with E-state index in [1.165, 1.54) is 10.2 Å². The van der Waals surface area contributed by atoms with Crippen molar-refractivity contribution in [1.29, 1.82) is 0 Å². The van der Waals surface area contributed by atoms with Crippen LogP contribution in [0.5, 0.6) is 0 Å². The smallest absolute Gasteiger partial charge is 0.0881 e. The Morgan fingerprint density at radius 3 is 1.50 bits per heavy atom. The first kappa shape index (κ1) is 4.80. The van der Waals surface area contributed by atoms with Gasteiger partial charge in [-0.2, -0.15) is 0 Å². The fraction of sp³-hybridized carbons (Fsp3) is 1.00. The number of alkyl halides is 2. The first-order valence-electron chi connectivity index (χ1n) is 0.845. The second kappa shape index (κ2) is 2.06. The largest absolute Gasteiger partial charge is 0.110 e. The third-order valence-corrected chi connectivity index (χ3v) is 0. The summed E-state index contributed by atoms with van der Waals surface area (Å²) in [5.74, 6) is 0. The first-order valence-corrected chi connectivity index (χ1v) is 2.53. The lowest BCUT2D eigenvalue weighted by molar-refractivity contribution is 1.96. The summed E-state index contributed by atoms with van der Waals surface area (Å²) in [6.45, 7) is 0. The van der Waals surface area contributed by atoms with Gasteiger partial charge in [0.05, 0.1) is 14.7 Å². The Morgan fingerprint density at radius 2 is 1.50 bits per heavy atom. The highest BCUT2D eigenvalue weighted by molar-refractivity contribution is 6.60. The van der Waals surface area contributed by atoms with Crippen LogP contribution in [0.25, 0.3) is 0 Å². The van der Waals surface area contributed by atoms with E-state index in [1.54, 1.807) is 0 Å². The van der Waals surface area contributed by atoms with E-state index in [4.69, 9.17) is 23.2 Å². The van der Waals surface area contributed by atoms with Crippen molar-refractivity contribution in [2.24, 2.45) is 0 Å². The SMILES string of the molecule is [SiH2]C(Cl)Cl. The number of hydrogen-bond donors (Lipinski definition) is 0. The van der Waals surface area contributed by atoms with E-state index in [1.807, 2.05) is 0 Å². The molecule has 0 aromatic rings. The van der Waals surface area contributed by atoms with Crippen LogP contribution < -0.4 is 0 Å². The van der Waals surface area contributed by atoms with E-state index < -0.39 is 0 Å². The zero-order valence-corrected chi connectivity index (χ0v) is 4.97. The van der Waals surface area contributed by atoms with Gasteiger partial charge in [0.25, 0.3) is 0 Å². The molecular weight excluding hydrogens is 111 g/mol. The van der Waals surface area contributed by atoms with Crippen molar-refractivity contribution in [2.45, 2.75) is 4.46 Å². The van der Waals surface area contributed by atoms with Crippen LogP contribution in [-0.4, -0.2) is 14.7 Å². The van der Waals surface area contributed by atoms with E-state index in [2.05, 4.69) is 0 Å². The van der Waals surface area contributed by atoms with Crippen molar-refractivity contribution in [1.82, 2.24) is 0 Å². The molecule has 0 aliphatic heterocycles. The zero-order valence-electron chi connectivity index (χ0n) is 2.04. The molecule has 0 atom stereocenters. The molecule has 0 unspecified atom stereocenters. The summed E-state index contributed by atoms with van der Waals surface area (Å²) < 4.78 is -0.194. The van der Waals surface area contributed by atoms with Gasteiger partial charge in [0.2, 0.25) is 0 Å². The minimum Gasteiger partial charge on any atom is -0.110 e. The number of rotatable bonds is 0. The Kier molecular flexibility index (Phi) is 2.47. The Morgan fingerprint density at radius 1 is 1.50 bits per heavy atom. The highest BCUT2D eigenvalue weighted by Gasteiger charge is 1.75. The maximum atomic E-state index is 5.05. The van der Waals surface area contributed by atoms with Crippen molar-refractivity contribution >= 4 is 33.4 Å². The van der Waals surface area contributed by atoms with Gasteiger partial charge >= 0.3 is 0 Å². The van der Waals surface area contributed by atoms with Crippen molar-refractivity contribution in [3.05, 3.63) is 0 Å². The monoisotopic (exact) mass is 113 g/mol. The molecule has 0 aliphatic rings. The highest BCUT2D eigenvalue weighted by atomic mass is 35.5. The quantitative estimate of drug-likeness (QED) is 0.315. The van der Waals surface area contributed by atoms with Gasteiger partial charge in [0, 0.05) is 0 Å². The van der Waals surface area contributed by atoms with Crippen LogP contribution in [0.4, 0.5) is 0 Å². The summed E-state index contributed by atoms with van der Waals surface area (Å²) >= 11 is 10.1. The molecule has 0 heterocycles. The summed E-state index contributed by atoms with van der Waals surface area (Å²) in [5.41, 5.74) is 0. The molecule has 25 valence electrons. The van der Waals surface area contributed by atoms with Crippen LogP contribution in [0, 0.1) is 0 Å². The fourth-order valence-electron chi connectivity index (χ4n) is 0. The van der Waals surface area contributed by atoms with E-state index in [9.17, 15) is 0 Å². The molecule has 0 aromatic heterocycles. The van der Waals surface area contributed by atoms with Crippen molar-refractivity contribution in [3.63, 3.8) is 0 Å². The number of hydrogen-bond acceptors (Lipinski definition) is 0. The molecule has 0 saturated carbocycles. The van der Waals surface area contributed by atoms with E-state index in [-0.39, 0.29) is 4.46 Å². The van der Waals surface area contributed by atoms with Gasteiger partial charge in [-0.15, -0.1) is 23.2 Å². The molecule has 0 fully saturated rings. The molecule has 0 spiro atoms. The van der Waals surface area contributed by atoms with Crippen LogP contribution in [0.15, 0.2) is 0 Å². The molecule has 0 amide bonds. The Bertz CT molecular complexity index is 10.8. The van der Waals surface area contributed by atoms with Crippen LogP contribution in [0.3, 0.4) is 0 Å². The lowest BCUT2D eigenvalue weighted by Crippen LogP contribution is -1.75. The topological polar surface area (TPSA) is 0 Å². The van der Waals surface area contributed by atoms with E-state index in [0.29, 0.717) is 0 Å². The average molecular weight is 114 g/mol. The Labute approximate surface area is 38.5 Å². The van der Waals surface area contributed by atoms with Crippen molar-refractivity contribution < 1.29 is 0 Å². The van der Waals surface area contributed by atoms with Crippen LogP contribution in [0.2, 0.25) is 0 Å². The third-order valence-electron chi connectivity index (χ3n) is 0. The van der Waals surface area contributed by atoms with E-state index >= 15 is 0 Å². The number of halogens is 2. The summed E-state index contributed by atoms with van der Waals surface area (Å²) in [5, 5.41) is 0. The lowest BCUT2D eigenvalue weighted by atomic mass is 11.9. The van der Waals surface area contributed by atoms with Crippen molar-refractivity contribution in [3.8, 4) is 0 Å². The van der Waals surface area contributed by atoms with Crippen molar-refractivity contribution in [2.75, 3.05) is 0 Å². The predicted octanol–water partition coefficient (Wildman–Crippen LogP) is 0.381. The van der Waals surface area contributed by atoms with E-state index in [0.717, 1.165) is 0 Å². The van der Waals surface area contributed by atoms with Gasteiger partial charge < -0.3 is 0 Å². The zero-order chi connectivity index (χ0) is 3.58. The molecule has 3 heteroatoms. The van der Waals surface area contributed by atoms with Crippen LogP contribution in [-0.2, 0) is 0 Å². The van der Waals surface area contributed by atoms with Gasteiger partial charge in [0.1, 0.15) is 0 Å². The maximum absolute atomic E-state index is 5.05. The molecule has 0 N–H and O–H groups in total. The van der Waals surface area contributed by atoms with Gasteiger partial charge in [-0.05, 0) is 0 Å². The predicted molar refractivity (Wildman–Crippen MR) is 24.0 cm³/mol. The summed E-state index contributed by atoms with van der Waals surface area (Å²) in [6.07, 6.45) is 0. The van der Waals surface area contributed by atoms with Gasteiger partial charge in [0.15, 0.2) is 0 Å².